The molecule has 8 atom stereocenters. The minimum Gasteiger partial charge on any atom is -0.393 e. The molecule has 0 aliphatic heterocycles. The van der Waals surface area contributed by atoms with Crippen LogP contribution in [0, 0.1) is 40.4 Å². The molecule has 0 unspecified atom stereocenters. The molecule has 4 rings (SSSR count). The van der Waals surface area contributed by atoms with Crippen LogP contribution in [0.3, 0.4) is 0 Å². The molecule has 30 heavy (non-hydrogen) atoms. The summed E-state index contributed by atoms with van der Waals surface area (Å²) in [6.45, 7) is 12.0. The van der Waals surface area contributed by atoms with Gasteiger partial charge in [0.05, 0.1) is 6.10 Å². The second-order valence-electron chi connectivity index (χ2n) is 11.1. The number of carbonyl (C=O) groups excluding carboxylic acids is 2. The van der Waals surface area contributed by atoms with E-state index in [1.807, 2.05) is 18.7 Å². The molecule has 1 amide bonds. The smallest absolute Gasteiger partial charge is 0.226 e. The van der Waals surface area contributed by atoms with Crippen LogP contribution >= 0.6 is 0 Å². The first-order valence-corrected chi connectivity index (χ1v) is 12.3. The van der Waals surface area contributed by atoms with E-state index in [9.17, 15) is 14.7 Å². The monoisotopic (exact) mass is 415 g/mol. The standard InChI is InChI=1S/C26H41NO3/c1-6-27(7-2)24(30)20-15-22-19-9-8-17-14-18(29)10-12-25(17,4)21(19)11-13-26(22,5)23(20)16(3)28/h8,18-23,29H,6-7,9-15H2,1-5H3/t18-,19+,20-,21-,22-,23+,25-,26-/m0/s1. The Morgan fingerprint density at radius 2 is 1.83 bits per heavy atom. The number of carbonyl (C=O) groups is 2. The SMILES string of the molecule is CCN(CC)C(=O)[C@H]1C[C@H]2[C@@H]3CC=C4C[C@@H](O)CC[C@]4(C)[C@H]3CC[C@]2(C)[C@@H]1C(C)=O. The van der Waals surface area contributed by atoms with E-state index >= 15 is 0 Å². The number of hydrogen-bond acceptors (Lipinski definition) is 3. The highest BCUT2D eigenvalue weighted by molar-refractivity contribution is 5.89. The molecule has 0 aromatic rings. The van der Waals surface area contributed by atoms with Crippen molar-refractivity contribution in [1.29, 1.82) is 0 Å². The van der Waals surface area contributed by atoms with Crippen LogP contribution in [0.1, 0.15) is 79.6 Å². The molecule has 4 aliphatic rings. The molecule has 3 fully saturated rings. The quantitative estimate of drug-likeness (QED) is 0.682. The summed E-state index contributed by atoms with van der Waals surface area (Å²) in [5.74, 6) is 1.75. The number of Topliss-reactive ketones (excluding diaryl/α,β-unsaturated/α-hetero) is 1. The van der Waals surface area contributed by atoms with E-state index in [2.05, 4.69) is 19.9 Å². The minimum atomic E-state index is -0.181. The maximum atomic E-state index is 13.4. The van der Waals surface area contributed by atoms with Crippen LogP contribution in [-0.2, 0) is 9.59 Å². The average molecular weight is 416 g/mol. The number of nitrogens with zero attached hydrogens (tertiary/aromatic N) is 1. The van der Waals surface area contributed by atoms with Crippen LogP contribution in [-0.4, -0.2) is 40.9 Å². The van der Waals surface area contributed by atoms with Gasteiger partial charge in [-0.05, 0) is 94.3 Å². The highest BCUT2D eigenvalue weighted by atomic mass is 16.3. The van der Waals surface area contributed by atoms with Gasteiger partial charge in [0.2, 0.25) is 5.91 Å². The van der Waals surface area contributed by atoms with Crippen LogP contribution in [0.15, 0.2) is 11.6 Å². The van der Waals surface area contributed by atoms with Crippen molar-refractivity contribution in [2.75, 3.05) is 13.1 Å². The fourth-order valence-corrected chi connectivity index (χ4v) is 8.45. The minimum absolute atomic E-state index is 0.0592. The van der Waals surface area contributed by atoms with E-state index in [1.54, 1.807) is 6.92 Å². The number of hydrogen-bond donors (Lipinski definition) is 1. The van der Waals surface area contributed by atoms with Gasteiger partial charge in [-0.3, -0.25) is 9.59 Å². The Hall–Kier alpha value is -1.16. The molecule has 0 saturated heterocycles. The summed E-state index contributed by atoms with van der Waals surface area (Å²) in [5.41, 5.74) is 1.61. The number of aliphatic hydroxyl groups excluding tert-OH is 1. The van der Waals surface area contributed by atoms with Crippen molar-refractivity contribution in [3.05, 3.63) is 11.6 Å². The molecule has 0 aromatic carbocycles. The number of allylic oxidation sites excluding steroid dienone is 1. The summed E-state index contributed by atoms with van der Waals surface area (Å²) in [7, 11) is 0. The fraction of sp³-hybridized carbons (Fsp3) is 0.846. The molecule has 0 radical (unpaired) electrons. The van der Waals surface area contributed by atoms with Gasteiger partial charge in [-0.2, -0.15) is 0 Å². The zero-order valence-electron chi connectivity index (χ0n) is 19.6. The van der Waals surface area contributed by atoms with Gasteiger partial charge < -0.3 is 10.0 Å². The lowest BCUT2D eigenvalue weighted by Crippen LogP contribution is -2.51. The van der Waals surface area contributed by atoms with Gasteiger partial charge in [0, 0.05) is 24.9 Å². The molecule has 0 heterocycles. The third-order valence-corrected chi connectivity index (χ3v) is 9.97. The molecular formula is C26H41NO3. The first kappa shape index (κ1) is 22.0. The molecular weight excluding hydrogens is 374 g/mol. The van der Waals surface area contributed by atoms with Crippen molar-refractivity contribution in [1.82, 2.24) is 4.90 Å². The van der Waals surface area contributed by atoms with Gasteiger partial charge in [0.15, 0.2) is 0 Å². The van der Waals surface area contributed by atoms with Crippen LogP contribution in [0.5, 0.6) is 0 Å². The molecule has 168 valence electrons. The van der Waals surface area contributed by atoms with Crippen LogP contribution in [0.2, 0.25) is 0 Å². The molecule has 0 aromatic heterocycles. The average Bonchev–Trinajstić information content (AvgIpc) is 3.02. The Morgan fingerprint density at radius 3 is 2.47 bits per heavy atom. The van der Waals surface area contributed by atoms with Crippen molar-refractivity contribution in [3.8, 4) is 0 Å². The maximum absolute atomic E-state index is 13.4. The number of fused-ring (bicyclic) bond motifs is 5. The predicted octanol–water partition coefficient (Wildman–Crippen LogP) is 4.61. The normalized spacial score (nSPS) is 45.1. The first-order valence-electron chi connectivity index (χ1n) is 12.3. The predicted molar refractivity (Wildman–Crippen MR) is 119 cm³/mol. The Bertz CT molecular complexity index is 741. The summed E-state index contributed by atoms with van der Waals surface area (Å²) in [5, 5.41) is 10.2. The lowest BCUT2D eigenvalue weighted by molar-refractivity contribution is -0.142. The van der Waals surface area contributed by atoms with Crippen molar-refractivity contribution in [2.24, 2.45) is 40.4 Å². The first-order chi connectivity index (χ1) is 14.2. The second kappa shape index (κ2) is 7.76. The molecule has 0 bridgehead atoms. The maximum Gasteiger partial charge on any atom is 0.226 e. The van der Waals surface area contributed by atoms with Crippen LogP contribution < -0.4 is 0 Å². The lowest BCUT2D eigenvalue weighted by atomic mass is 9.47. The molecule has 3 saturated carbocycles. The Labute approximate surface area is 182 Å². The molecule has 1 N–H and O–H groups in total. The van der Waals surface area contributed by atoms with Gasteiger partial charge in [-0.25, -0.2) is 0 Å². The van der Waals surface area contributed by atoms with Gasteiger partial charge in [0.1, 0.15) is 5.78 Å². The highest BCUT2D eigenvalue weighted by Crippen LogP contribution is 2.67. The highest BCUT2D eigenvalue weighted by Gasteiger charge is 2.63. The lowest BCUT2D eigenvalue weighted by Gasteiger charge is -2.57. The van der Waals surface area contributed by atoms with Crippen molar-refractivity contribution >= 4 is 11.7 Å². The Kier molecular flexibility index (Phi) is 5.70. The number of rotatable bonds is 4. The topological polar surface area (TPSA) is 57.6 Å². The van der Waals surface area contributed by atoms with Gasteiger partial charge in [-0.15, -0.1) is 0 Å². The fourth-order valence-electron chi connectivity index (χ4n) is 8.45. The van der Waals surface area contributed by atoms with E-state index in [4.69, 9.17) is 0 Å². The van der Waals surface area contributed by atoms with E-state index in [-0.39, 0.29) is 40.5 Å². The van der Waals surface area contributed by atoms with Crippen molar-refractivity contribution < 1.29 is 14.7 Å². The number of ketones is 1. The van der Waals surface area contributed by atoms with Crippen molar-refractivity contribution in [3.63, 3.8) is 0 Å². The second-order valence-corrected chi connectivity index (χ2v) is 11.1. The summed E-state index contributed by atoms with van der Waals surface area (Å²) in [4.78, 5) is 28.3. The third kappa shape index (κ3) is 3.12. The summed E-state index contributed by atoms with van der Waals surface area (Å²) in [6.07, 6.45) is 9.19. The summed E-state index contributed by atoms with van der Waals surface area (Å²) in [6, 6.07) is 0. The molecule has 0 spiro atoms. The number of aliphatic hydroxyl groups is 1. The van der Waals surface area contributed by atoms with Gasteiger partial charge in [0.25, 0.3) is 0 Å². The molecule has 4 aliphatic carbocycles. The third-order valence-electron chi connectivity index (χ3n) is 9.97. The van der Waals surface area contributed by atoms with E-state index in [0.29, 0.717) is 17.8 Å². The number of amides is 1. The summed E-state index contributed by atoms with van der Waals surface area (Å²) < 4.78 is 0. The van der Waals surface area contributed by atoms with Crippen molar-refractivity contribution in [2.45, 2.75) is 85.7 Å². The Morgan fingerprint density at radius 1 is 1.13 bits per heavy atom. The zero-order valence-corrected chi connectivity index (χ0v) is 19.6. The zero-order chi connectivity index (χ0) is 21.8. The largest absolute Gasteiger partial charge is 0.393 e. The van der Waals surface area contributed by atoms with Gasteiger partial charge >= 0.3 is 0 Å². The van der Waals surface area contributed by atoms with E-state index in [1.165, 1.54) is 5.57 Å². The van der Waals surface area contributed by atoms with E-state index < -0.39 is 0 Å². The molecule has 4 nitrogen and oxygen atoms in total. The van der Waals surface area contributed by atoms with Crippen LogP contribution in [0.4, 0.5) is 0 Å². The van der Waals surface area contributed by atoms with E-state index in [0.717, 1.165) is 58.0 Å². The summed E-state index contributed by atoms with van der Waals surface area (Å²) >= 11 is 0. The molecule has 4 heteroatoms. The van der Waals surface area contributed by atoms with Gasteiger partial charge in [-0.1, -0.05) is 25.5 Å². The van der Waals surface area contributed by atoms with Crippen LogP contribution in [0.25, 0.3) is 0 Å². The Balaban J connectivity index is 1.68.